The zero-order valence-electron chi connectivity index (χ0n) is 15.9. The van der Waals surface area contributed by atoms with E-state index in [0.29, 0.717) is 13.1 Å². The molecule has 0 radical (unpaired) electrons. The molecule has 1 aromatic heterocycles. The maximum absolute atomic E-state index is 12.7. The van der Waals surface area contributed by atoms with Gasteiger partial charge in [-0.25, -0.2) is 9.98 Å². The number of aliphatic imine (C=N–C) groups is 1. The number of thiazole rings is 1. The standard InChI is InChI=1S/C18H31N5OS/c1-5-14-11-20-15(25-14)12-21-17(19-6-2)22-13-18(9-7-8-10-18)16(24)23(3)4/h11H,5-10,12-13H2,1-4H3,(H2,19,21,22). The Morgan fingerprint density at radius 3 is 2.60 bits per heavy atom. The summed E-state index contributed by atoms with van der Waals surface area (Å²) in [5, 5.41) is 7.69. The SMILES string of the molecule is CCNC(=NCc1ncc(CC)s1)NCC1(C(=O)N(C)C)CCCC1. The van der Waals surface area contributed by atoms with E-state index < -0.39 is 0 Å². The summed E-state index contributed by atoms with van der Waals surface area (Å²) in [5.41, 5.74) is -0.295. The monoisotopic (exact) mass is 365 g/mol. The number of amides is 1. The molecule has 1 aliphatic carbocycles. The third-order valence-corrected chi connectivity index (χ3v) is 5.81. The van der Waals surface area contributed by atoms with Gasteiger partial charge in [0.15, 0.2) is 5.96 Å². The Morgan fingerprint density at radius 1 is 1.32 bits per heavy atom. The maximum atomic E-state index is 12.7. The lowest BCUT2D eigenvalue weighted by Crippen LogP contribution is -2.49. The van der Waals surface area contributed by atoms with Gasteiger partial charge < -0.3 is 15.5 Å². The summed E-state index contributed by atoms with van der Waals surface area (Å²) in [6.07, 6.45) is 7.07. The maximum Gasteiger partial charge on any atom is 0.230 e. The molecule has 0 aromatic carbocycles. The highest BCUT2D eigenvalue weighted by atomic mass is 32.1. The van der Waals surface area contributed by atoms with Crippen LogP contribution >= 0.6 is 11.3 Å². The molecule has 0 aliphatic heterocycles. The molecular weight excluding hydrogens is 334 g/mol. The Balaban J connectivity index is 2.01. The van der Waals surface area contributed by atoms with Crippen LogP contribution in [0.5, 0.6) is 0 Å². The van der Waals surface area contributed by atoms with Crippen molar-refractivity contribution in [2.75, 3.05) is 27.2 Å². The van der Waals surface area contributed by atoms with E-state index in [0.717, 1.165) is 49.6 Å². The average molecular weight is 366 g/mol. The lowest BCUT2D eigenvalue weighted by molar-refractivity contribution is -0.138. The Morgan fingerprint density at radius 2 is 2.04 bits per heavy atom. The van der Waals surface area contributed by atoms with Crippen molar-refractivity contribution >= 4 is 23.2 Å². The van der Waals surface area contributed by atoms with E-state index in [9.17, 15) is 4.79 Å². The van der Waals surface area contributed by atoms with Crippen molar-refractivity contribution in [3.8, 4) is 0 Å². The molecule has 6 nitrogen and oxygen atoms in total. The molecular formula is C18H31N5OS. The fourth-order valence-electron chi connectivity index (χ4n) is 3.32. The molecule has 0 unspecified atom stereocenters. The highest BCUT2D eigenvalue weighted by Crippen LogP contribution is 2.38. The van der Waals surface area contributed by atoms with Gasteiger partial charge in [0.1, 0.15) is 5.01 Å². The minimum Gasteiger partial charge on any atom is -0.357 e. The number of carbonyl (C=O) groups excluding carboxylic acids is 1. The zero-order chi connectivity index (χ0) is 18.3. The summed E-state index contributed by atoms with van der Waals surface area (Å²) in [5.74, 6) is 0.981. The van der Waals surface area contributed by atoms with Gasteiger partial charge >= 0.3 is 0 Å². The third kappa shape index (κ3) is 5.17. The molecule has 2 N–H and O–H groups in total. The van der Waals surface area contributed by atoms with Crippen LogP contribution < -0.4 is 10.6 Å². The average Bonchev–Trinajstić information content (AvgIpc) is 3.26. The molecule has 1 saturated carbocycles. The van der Waals surface area contributed by atoms with Crippen LogP contribution in [0.2, 0.25) is 0 Å². The Kier molecular flexibility index (Phi) is 7.23. The summed E-state index contributed by atoms with van der Waals surface area (Å²) in [6, 6.07) is 0. The lowest BCUT2D eigenvalue weighted by Gasteiger charge is -2.31. The van der Waals surface area contributed by atoms with E-state index in [4.69, 9.17) is 0 Å². The van der Waals surface area contributed by atoms with Gasteiger partial charge in [0.25, 0.3) is 0 Å². The van der Waals surface area contributed by atoms with Gasteiger partial charge in [-0.15, -0.1) is 11.3 Å². The first kappa shape index (κ1) is 19.7. The molecule has 0 atom stereocenters. The topological polar surface area (TPSA) is 69.6 Å². The van der Waals surface area contributed by atoms with Crippen molar-refractivity contribution in [2.45, 2.75) is 52.5 Å². The number of rotatable bonds is 7. The number of aryl methyl sites for hydroxylation is 1. The van der Waals surface area contributed by atoms with Gasteiger partial charge in [-0.05, 0) is 26.2 Å². The zero-order valence-corrected chi connectivity index (χ0v) is 16.7. The van der Waals surface area contributed by atoms with E-state index in [-0.39, 0.29) is 11.3 Å². The smallest absolute Gasteiger partial charge is 0.230 e. The second-order valence-electron chi connectivity index (χ2n) is 6.81. The fourth-order valence-corrected chi connectivity index (χ4v) is 4.11. The van der Waals surface area contributed by atoms with Gasteiger partial charge in [-0.1, -0.05) is 19.8 Å². The minimum absolute atomic E-state index is 0.223. The number of aromatic nitrogens is 1. The third-order valence-electron chi connectivity index (χ3n) is 4.68. The molecule has 1 aliphatic rings. The summed E-state index contributed by atoms with van der Waals surface area (Å²) in [6.45, 7) is 6.17. The highest BCUT2D eigenvalue weighted by molar-refractivity contribution is 7.11. The van der Waals surface area contributed by atoms with Gasteiger partial charge in [-0.3, -0.25) is 4.79 Å². The van der Waals surface area contributed by atoms with Crippen LogP contribution in [0.3, 0.4) is 0 Å². The first-order valence-corrected chi connectivity index (χ1v) is 10.00. The predicted molar refractivity (Wildman–Crippen MR) is 104 cm³/mol. The van der Waals surface area contributed by atoms with Crippen LogP contribution in [0.1, 0.15) is 49.4 Å². The number of carbonyl (C=O) groups is 1. The van der Waals surface area contributed by atoms with Crippen LogP contribution in [-0.2, 0) is 17.8 Å². The van der Waals surface area contributed by atoms with Crippen molar-refractivity contribution < 1.29 is 4.79 Å². The quantitative estimate of drug-likeness (QED) is 0.575. The van der Waals surface area contributed by atoms with Gasteiger partial charge in [0.2, 0.25) is 5.91 Å². The Bertz CT molecular complexity index is 590. The van der Waals surface area contributed by atoms with Crippen LogP contribution in [-0.4, -0.2) is 48.9 Å². The van der Waals surface area contributed by atoms with Gasteiger partial charge in [0, 0.05) is 38.3 Å². The molecule has 1 aromatic rings. The summed E-state index contributed by atoms with van der Waals surface area (Å²) in [7, 11) is 3.69. The molecule has 0 spiro atoms. The summed E-state index contributed by atoms with van der Waals surface area (Å²) < 4.78 is 0. The van der Waals surface area contributed by atoms with E-state index in [1.807, 2.05) is 27.2 Å². The first-order chi connectivity index (χ1) is 12.0. The van der Waals surface area contributed by atoms with Gasteiger partial charge in [0.05, 0.1) is 12.0 Å². The largest absolute Gasteiger partial charge is 0.357 e. The van der Waals surface area contributed by atoms with Crippen LogP contribution in [0.25, 0.3) is 0 Å². The molecule has 2 rings (SSSR count). The Hall–Kier alpha value is -1.63. The van der Waals surface area contributed by atoms with Crippen molar-refractivity contribution in [3.63, 3.8) is 0 Å². The molecule has 25 heavy (non-hydrogen) atoms. The minimum atomic E-state index is -0.295. The molecule has 0 bridgehead atoms. The number of guanidine groups is 1. The van der Waals surface area contributed by atoms with E-state index in [1.54, 1.807) is 16.2 Å². The van der Waals surface area contributed by atoms with Crippen LogP contribution in [0.15, 0.2) is 11.2 Å². The van der Waals surface area contributed by atoms with Crippen molar-refractivity contribution in [3.05, 3.63) is 16.1 Å². The van der Waals surface area contributed by atoms with E-state index in [1.165, 1.54) is 4.88 Å². The summed E-state index contributed by atoms with van der Waals surface area (Å²) in [4.78, 5) is 24.7. The second-order valence-corrected chi connectivity index (χ2v) is 8.01. The first-order valence-electron chi connectivity index (χ1n) is 9.18. The van der Waals surface area contributed by atoms with E-state index >= 15 is 0 Å². The van der Waals surface area contributed by atoms with E-state index in [2.05, 4.69) is 27.5 Å². The molecule has 1 amide bonds. The Labute approximate surface area is 155 Å². The number of hydrogen-bond donors (Lipinski definition) is 2. The molecule has 7 heteroatoms. The number of nitrogens with zero attached hydrogens (tertiary/aromatic N) is 3. The van der Waals surface area contributed by atoms with Crippen LogP contribution in [0.4, 0.5) is 0 Å². The number of nitrogens with one attached hydrogen (secondary N) is 2. The second kappa shape index (κ2) is 9.17. The lowest BCUT2D eigenvalue weighted by atomic mass is 9.84. The molecule has 140 valence electrons. The number of hydrogen-bond acceptors (Lipinski definition) is 4. The molecule has 0 saturated heterocycles. The molecule has 1 fully saturated rings. The predicted octanol–water partition coefficient (Wildman–Crippen LogP) is 2.41. The van der Waals surface area contributed by atoms with Crippen molar-refractivity contribution in [1.29, 1.82) is 0 Å². The fraction of sp³-hybridized carbons (Fsp3) is 0.722. The summed E-state index contributed by atoms with van der Waals surface area (Å²) >= 11 is 1.71. The van der Waals surface area contributed by atoms with Crippen LogP contribution in [0, 0.1) is 5.41 Å². The van der Waals surface area contributed by atoms with Crippen molar-refractivity contribution in [2.24, 2.45) is 10.4 Å². The van der Waals surface area contributed by atoms with Gasteiger partial charge in [-0.2, -0.15) is 0 Å². The highest BCUT2D eigenvalue weighted by Gasteiger charge is 2.42. The normalized spacial score (nSPS) is 16.7. The molecule has 1 heterocycles. The van der Waals surface area contributed by atoms with Crippen molar-refractivity contribution in [1.82, 2.24) is 20.5 Å².